The lowest BCUT2D eigenvalue weighted by Gasteiger charge is -2.04. The van der Waals surface area contributed by atoms with Crippen molar-refractivity contribution in [2.45, 2.75) is 0 Å². The fraction of sp³-hybridized carbons (Fsp3) is 0. The van der Waals surface area contributed by atoms with Gasteiger partial charge in [-0.2, -0.15) is 0 Å². The summed E-state index contributed by atoms with van der Waals surface area (Å²) in [5.41, 5.74) is 2.02. The van der Waals surface area contributed by atoms with Gasteiger partial charge in [-0.05, 0) is 36.4 Å². The molecule has 1 aromatic carbocycles. The Bertz CT molecular complexity index is 629. The van der Waals surface area contributed by atoms with Crippen LogP contribution in [0, 0.1) is 5.82 Å². The van der Waals surface area contributed by atoms with Gasteiger partial charge in [-0.1, -0.05) is 0 Å². The summed E-state index contributed by atoms with van der Waals surface area (Å²) < 4.78 is 15.0. The van der Waals surface area contributed by atoms with E-state index in [1.165, 1.54) is 12.1 Å². The normalized spacial score (nSPS) is 10.8. The Morgan fingerprint density at radius 1 is 1.00 bits per heavy atom. The molecule has 78 valence electrons. The zero-order valence-electron chi connectivity index (χ0n) is 8.47. The third kappa shape index (κ3) is 1.37. The van der Waals surface area contributed by atoms with Crippen LogP contribution in [0.25, 0.3) is 16.6 Å². The van der Waals surface area contributed by atoms with Crippen molar-refractivity contribution in [3.63, 3.8) is 0 Å². The first-order chi connectivity index (χ1) is 7.84. The van der Waals surface area contributed by atoms with Gasteiger partial charge in [-0.3, -0.25) is 4.98 Å². The molecule has 0 spiro atoms. The third-order valence-corrected chi connectivity index (χ3v) is 2.59. The maximum absolute atomic E-state index is 13.0. The molecule has 3 aromatic rings. The Kier molecular flexibility index (Phi) is 1.96. The number of nitrogens with zero attached hydrogens (tertiary/aromatic N) is 2. The van der Waals surface area contributed by atoms with E-state index in [-0.39, 0.29) is 5.82 Å². The summed E-state index contributed by atoms with van der Waals surface area (Å²) in [5, 5.41) is 0.900. The summed E-state index contributed by atoms with van der Waals surface area (Å²) >= 11 is 0. The van der Waals surface area contributed by atoms with Gasteiger partial charge in [0.05, 0.1) is 5.52 Å². The molecule has 2 aromatic heterocycles. The zero-order valence-corrected chi connectivity index (χ0v) is 8.47. The van der Waals surface area contributed by atoms with Crippen LogP contribution in [-0.2, 0) is 0 Å². The van der Waals surface area contributed by atoms with Gasteiger partial charge in [0.25, 0.3) is 0 Å². The quantitative estimate of drug-likeness (QED) is 0.605. The molecule has 0 N–H and O–H groups in total. The molecule has 0 aliphatic carbocycles. The summed E-state index contributed by atoms with van der Waals surface area (Å²) in [6, 6.07) is 10.5. The van der Waals surface area contributed by atoms with E-state index in [1.54, 1.807) is 18.5 Å². The fourth-order valence-electron chi connectivity index (χ4n) is 1.84. The van der Waals surface area contributed by atoms with Gasteiger partial charge in [-0.15, -0.1) is 0 Å². The maximum Gasteiger partial charge on any atom is 0.123 e. The molecule has 0 amide bonds. The van der Waals surface area contributed by atoms with E-state index >= 15 is 0 Å². The molecule has 16 heavy (non-hydrogen) atoms. The summed E-state index contributed by atoms with van der Waals surface area (Å²) in [7, 11) is 0. The first kappa shape index (κ1) is 9.09. The minimum absolute atomic E-state index is 0.208. The molecule has 2 heterocycles. The second-order valence-electron chi connectivity index (χ2n) is 3.59. The van der Waals surface area contributed by atoms with E-state index in [4.69, 9.17) is 0 Å². The van der Waals surface area contributed by atoms with Crippen LogP contribution in [0.4, 0.5) is 4.39 Å². The van der Waals surface area contributed by atoms with Crippen molar-refractivity contribution in [1.82, 2.24) is 9.55 Å². The molecule has 3 heteroatoms. The standard InChI is InChI=1S/C13H9FN2/c14-11-1-2-13-10(9-11)5-8-16(13)12-3-6-15-7-4-12/h1-9H. The van der Waals surface area contributed by atoms with E-state index < -0.39 is 0 Å². The number of hydrogen-bond donors (Lipinski definition) is 0. The van der Waals surface area contributed by atoms with Crippen molar-refractivity contribution in [1.29, 1.82) is 0 Å². The van der Waals surface area contributed by atoms with Crippen LogP contribution in [-0.4, -0.2) is 9.55 Å². The number of halogens is 1. The van der Waals surface area contributed by atoms with Crippen LogP contribution in [0.1, 0.15) is 0 Å². The third-order valence-electron chi connectivity index (χ3n) is 2.59. The van der Waals surface area contributed by atoms with E-state index in [0.29, 0.717) is 0 Å². The number of aromatic nitrogens is 2. The number of rotatable bonds is 1. The molecule has 0 unspecified atom stereocenters. The molecule has 2 nitrogen and oxygen atoms in total. The molecular weight excluding hydrogens is 203 g/mol. The van der Waals surface area contributed by atoms with Crippen LogP contribution in [0.5, 0.6) is 0 Å². The predicted molar refractivity (Wildman–Crippen MR) is 61.0 cm³/mol. The highest BCUT2D eigenvalue weighted by atomic mass is 19.1. The van der Waals surface area contributed by atoms with Crippen molar-refractivity contribution in [2.75, 3.05) is 0 Å². The SMILES string of the molecule is Fc1ccc2c(ccn2-c2ccncc2)c1. The number of pyridine rings is 1. The van der Waals surface area contributed by atoms with Crippen molar-refractivity contribution in [2.24, 2.45) is 0 Å². The predicted octanol–water partition coefficient (Wildman–Crippen LogP) is 3.16. The van der Waals surface area contributed by atoms with E-state index in [1.807, 2.05) is 29.0 Å². The lowest BCUT2D eigenvalue weighted by Crippen LogP contribution is -1.91. The smallest absolute Gasteiger partial charge is 0.123 e. The molecule has 0 bridgehead atoms. The van der Waals surface area contributed by atoms with Crippen LogP contribution >= 0.6 is 0 Å². The van der Waals surface area contributed by atoms with Crippen LogP contribution in [0.15, 0.2) is 55.0 Å². The lowest BCUT2D eigenvalue weighted by molar-refractivity contribution is 0.629. The van der Waals surface area contributed by atoms with Crippen LogP contribution in [0.2, 0.25) is 0 Å². The first-order valence-electron chi connectivity index (χ1n) is 5.01. The highest BCUT2D eigenvalue weighted by Gasteiger charge is 2.03. The van der Waals surface area contributed by atoms with Crippen LogP contribution in [0.3, 0.4) is 0 Å². The van der Waals surface area contributed by atoms with Gasteiger partial charge in [0, 0.05) is 29.7 Å². The molecule has 0 saturated carbocycles. The fourth-order valence-corrected chi connectivity index (χ4v) is 1.84. The Hall–Kier alpha value is -2.16. The molecule has 0 fully saturated rings. The molecule has 0 aliphatic heterocycles. The molecular formula is C13H9FN2. The Morgan fingerprint density at radius 2 is 1.81 bits per heavy atom. The maximum atomic E-state index is 13.0. The second-order valence-corrected chi connectivity index (χ2v) is 3.59. The number of fused-ring (bicyclic) bond motifs is 1. The van der Waals surface area contributed by atoms with Gasteiger partial charge in [0.15, 0.2) is 0 Å². The Balaban J connectivity index is 2.26. The summed E-state index contributed by atoms with van der Waals surface area (Å²) in [6.45, 7) is 0. The van der Waals surface area contributed by atoms with E-state index in [0.717, 1.165) is 16.6 Å². The second kappa shape index (κ2) is 3.45. The Labute approximate surface area is 92.0 Å². The summed E-state index contributed by atoms with van der Waals surface area (Å²) in [4.78, 5) is 3.98. The van der Waals surface area contributed by atoms with E-state index in [2.05, 4.69) is 4.98 Å². The van der Waals surface area contributed by atoms with Gasteiger partial charge >= 0.3 is 0 Å². The van der Waals surface area contributed by atoms with Gasteiger partial charge in [-0.25, -0.2) is 4.39 Å². The summed E-state index contributed by atoms with van der Waals surface area (Å²) in [6.07, 6.45) is 5.41. The zero-order chi connectivity index (χ0) is 11.0. The molecule has 0 atom stereocenters. The van der Waals surface area contributed by atoms with Crippen molar-refractivity contribution < 1.29 is 4.39 Å². The highest BCUT2D eigenvalue weighted by molar-refractivity contribution is 5.81. The van der Waals surface area contributed by atoms with Crippen molar-refractivity contribution in [3.8, 4) is 5.69 Å². The monoisotopic (exact) mass is 212 g/mol. The van der Waals surface area contributed by atoms with Gasteiger partial charge < -0.3 is 4.57 Å². The Morgan fingerprint density at radius 3 is 2.62 bits per heavy atom. The topological polar surface area (TPSA) is 17.8 Å². The molecule has 0 radical (unpaired) electrons. The van der Waals surface area contributed by atoms with Crippen molar-refractivity contribution >= 4 is 10.9 Å². The largest absolute Gasteiger partial charge is 0.316 e. The van der Waals surface area contributed by atoms with Crippen molar-refractivity contribution in [3.05, 3.63) is 60.8 Å². The van der Waals surface area contributed by atoms with Gasteiger partial charge in [0.2, 0.25) is 0 Å². The van der Waals surface area contributed by atoms with Gasteiger partial charge in [0.1, 0.15) is 5.82 Å². The minimum Gasteiger partial charge on any atom is -0.316 e. The first-order valence-corrected chi connectivity index (χ1v) is 5.01. The lowest BCUT2D eigenvalue weighted by atomic mass is 10.2. The van der Waals surface area contributed by atoms with E-state index in [9.17, 15) is 4.39 Å². The molecule has 0 aliphatic rings. The summed E-state index contributed by atoms with van der Waals surface area (Å²) in [5.74, 6) is -0.208. The molecule has 3 rings (SSSR count). The average molecular weight is 212 g/mol. The average Bonchev–Trinajstić information content (AvgIpc) is 2.73. The minimum atomic E-state index is -0.208. The number of benzene rings is 1. The number of hydrogen-bond acceptors (Lipinski definition) is 1. The van der Waals surface area contributed by atoms with Crippen LogP contribution < -0.4 is 0 Å². The highest BCUT2D eigenvalue weighted by Crippen LogP contribution is 2.20. The molecule has 0 saturated heterocycles.